The van der Waals surface area contributed by atoms with Gasteiger partial charge in [-0.1, -0.05) is 36.4 Å². The summed E-state index contributed by atoms with van der Waals surface area (Å²) in [6.07, 6.45) is 10.6. The lowest BCUT2D eigenvalue weighted by Gasteiger charge is -2.40. The number of nitrogens with one attached hydrogen (secondary N) is 2. The number of piperazine rings is 1. The first-order valence-corrected chi connectivity index (χ1v) is 13.9. The molecule has 4 rings (SSSR count). The smallest absolute Gasteiger partial charge is 0.0607 e. The number of halogens is 1. The van der Waals surface area contributed by atoms with E-state index in [0.717, 1.165) is 32.7 Å². The van der Waals surface area contributed by atoms with Gasteiger partial charge in [-0.2, -0.15) is 0 Å². The number of benzene rings is 1. The van der Waals surface area contributed by atoms with Crippen LogP contribution in [-0.4, -0.2) is 66.6 Å². The molecule has 1 aliphatic carbocycles. The first-order valence-electron chi connectivity index (χ1n) is 12.8. The Morgan fingerprint density at radius 2 is 2.03 bits per heavy atom. The standard InChI is InChI=1S/C27H40IN5/c28-31-16-4-5-19-33(26-14-6-12-24-13-7-15-30-27(24)26)22-25-21-32(20-17-29-25)18-8-11-23-9-2-1-3-10-23/h1-3,7,9-10,13,15,25-26,29,31H,4-6,8,11-12,14,16-22H2/t25-,26-/m0/s1. The second-order valence-electron chi connectivity index (χ2n) is 9.58. The van der Waals surface area contributed by atoms with Gasteiger partial charge in [-0.25, -0.2) is 0 Å². The molecule has 6 heteroatoms. The zero-order valence-corrected chi connectivity index (χ0v) is 22.1. The molecular weight excluding hydrogens is 521 g/mol. The van der Waals surface area contributed by atoms with Crippen LogP contribution in [0.5, 0.6) is 0 Å². The number of nitrogens with zero attached hydrogens (tertiary/aromatic N) is 3. The molecule has 2 aromatic rings. The lowest BCUT2D eigenvalue weighted by Crippen LogP contribution is -2.55. The molecular formula is C27H40IN5. The van der Waals surface area contributed by atoms with Gasteiger partial charge < -0.3 is 10.2 Å². The van der Waals surface area contributed by atoms with E-state index in [1.54, 1.807) is 0 Å². The average molecular weight is 562 g/mol. The maximum Gasteiger partial charge on any atom is 0.0607 e. The fourth-order valence-electron chi connectivity index (χ4n) is 5.48. The zero-order valence-electron chi connectivity index (χ0n) is 19.9. The molecule has 0 spiro atoms. The first-order chi connectivity index (χ1) is 16.3. The summed E-state index contributed by atoms with van der Waals surface area (Å²) in [6.45, 7) is 7.98. The van der Waals surface area contributed by atoms with Gasteiger partial charge in [0.25, 0.3) is 0 Å². The fourth-order valence-corrected chi connectivity index (χ4v) is 5.86. The van der Waals surface area contributed by atoms with Crippen LogP contribution in [-0.2, 0) is 12.8 Å². The third kappa shape index (κ3) is 7.72. The maximum absolute atomic E-state index is 4.86. The third-order valence-electron chi connectivity index (χ3n) is 7.15. The van der Waals surface area contributed by atoms with E-state index in [4.69, 9.17) is 4.98 Å². The largest absolute Gasteiger partial charge is 0.310 e. The first kappa shape index (κ1) is 25.0. The summed E-state index contributed by atoms with van der Waals surface area (Å²) < 4.78 is 3.28. The highest BCUT2D eigenvalue weighted by atomic mass is 127. The lowest BCUT2D eigenvalue weighted by molar-refractivity contribution is 0.118. The molecule has 5 nitrogen and oxygen atoms in total. The van der Waals surface area contributed by atoms with Gasteiger partial charge in [-0.15, -0.1) is 0 Å². The summed E-state index contributed by atoms with van der Waals surface area (Å²) in [5.74, 6) is 0. The summed E-state index contributed by atoms with van der Waals surface area (Å²) in [4.78, 5) is 10.3. The van der Waals surface area contributed by atoms with Crippen molar-refractivity contribution in [3.05, 3.63) is 65.5 Å². The number of fused-ring (bicyclic) bond motifs is 1. The zero-order chi connectivity index (χ0) is 22.7. The third-order valence-corrected chi connectivity index (χ3v) is 7.69. The molecule has 2 heterocycles. The number of aromatic nitrogens is 1. The van der Waals surface area contributed by atoms with E-state index < -0.39 is 0 Å². The average Bonchev–Trinajstić information content (AvgIpc) is 2.86. The molecule has 1 aromatic heterocycles. The second kappa shape index (κ2) is 13.7. The number of hydrogen-bond acceptors (Lipinski definition) is 5. The molecule has 1 saturated heterocycles. The van der Waals surface area contributed by atoms with Crippen LogP contribution in [0.15, 0.2) is 48.7 Å². The van der Waals surface area contributed by atoms with E-state index in [9.17, 15) is 0 Å². The van der Waals surface area contributed by atoms with Crippen molar-refractivity contribution in [3.8, 4) is 0 Å². The Hall–Kier alpha value is -1.06. The summed E-state index contributed by atoms with van der Waals surface area (Å²) in [6, 6.07) is 16.3. The fraction of sp³-hybridized carbons (Fsp3) is 0.593. The van der Waals surface area contributed by atoms with E-state index in [1.807, 2.05) is 6.20 Å². The minimum absolute atomic E-state index is 0.470. The van der Waals surface area contributed by atoms with Crippen LogP contribution >= 0.6 is 22.9 Å². The van der Waals surface area contributed by atoms with Crippen LogP contribution in [0.4, 0.5) is 0 Å². The van der Waals surface area contributed by atoms with Crippen LogP contribution in [0.2, 0.25) is 0 Å². The molecule has 0 radical (unpaired) electrons. The van der Waals surface area contributed by atoms with Gasteiger partial charge in [-0.3, -0.25) is 13.4 Å². The van der Waals surface area contributed by atoms with Gasteiger partial charge in [0, 0.05) is 67.8 Å². The normalized spacial score (nSPS) is 21.3. The molecule has 33 heavy (non-hydrogen) atoms. The Kier molecular flexibility index (Phi) is 10.4. The molecule has 0 saturated carbocycles. The van der Waals surface area contributed by atoms with Crippen molar-refractivity contribution in [3.63, 3.8) is 0 Å². The van der Waals surface area contributed by atoms with Gasteiger partial charge in [0.2, 0.25) is 0 Å². The van der Waals surface area contributed by atoms with Gasteiger partial charge in [-0.05, 0) is 75.2 Å². The highest BCUT2D eigenvalue weighted by molar-refractivity contribution is 14.1. The second-order valence-corrected chi connectivity index (χ2v) is 10.3. The minimum atomic E-state index is 0.470. The number of hydrogen-bond donors (Lipinski definition) is 2. The Labute approximate surface area is 214 Å². The molecule has 2 aliphatic rings. The van der Waals surface area contributed by atoms with Crippen molar-refractivity contribution in [2.24, 2.45) is 0 Å². The molecule has 0 amide bonds. The van der Waals surface area contributed by atoms with Crippen LogP contribution in [0.3, 0.4) is 0 Å². The summed E-state index contributed by atoms with van der Waals surface area (Å²) in [5, 5.41) is 3.84. The minimum Gasteiger partial charge on any atom is -0.310 e. The van der Waals surface area contributed by atoms with E-state index in [-0.39, 0.29) is 0 Å². The number of pyridine rings is 1. The number of rotatable bonds is 12. The van der Waals surface area contributed by atoms with Crippen molar-refractivity contribution in [1.82, 2.24) is 23.6 Å². The van der Waals surface area contributed by atoms with Gasteiger partial charge in [0.1, 0.15) is 0 Å². The molecule has 1 aliphatic heterocycles. The Morgan fingerprint density at radius 1 is 1.12 bits per heavy atom. The van der Waals surface area contributed by atoms with E-state index in [0.29, 0.717) is 12.1 Å². The Morgan fingerprint density at radius 3 is 2.91 bits per heavy atom. The number of aryl methyl sites for hydroxylation is 2. The summed E-state index contributed by atoms with van der Waals surface area (Å²) in [5.41, 5.74) is 4.26. The number of unbranched alkanes of at least 4 members (excludes halogenated alkanes) is 1. The Balaban J connectivity index is 1.34. The molecule has 2 N–H and O–H groups in total. The van der Waals surface area contributed by atoms with Crippen LogP contribution < -0.4 is 8.85 Å². The lowest BCUT2D eigenvalue weighted by atomic mass is 9.90. The quantitative estimate of drug-likeness (QED) is 0.229. The topological polar surface area (TPSA) is 43.4 Å². The van der Waals surface area contributed by atoms with E-state index >= 15 is 0 Å². The maximum atomic E-state index is 4.86. The Bertz CT molecular complexity index is 817. The highest BCUT2D eigenvalue weighted by Gasteiger charge is 2.30. The summed E-state index contributed by atoms with van der Waals surface area (Å²) >= 11 is 2.26. The van der Waals surface area contributed by atoms with Crippen molar-refractivity contribution < 1.29 is 0 Å². The molecule has 0 unspecified atom stereocenters. The van der Waals surface area contributed by atoms with Crippen molar-refractivity contribution >= 4 is 22.9 Å². The van der Waals surface area contributed by atoms with Gasteiger partial charge >= 0.3 is 0 Å². The molecule has 180 valence electrons. The molecule has 2 atom stereocenters. The van der Waals surface area contributed by atoms with Gasteiger partial charge in [0.15, 0.2) is 0 Å². The van der Waals surface area contributed by atoms with Crippen molar-refractivity contribution in [1.29, 1.82) is 0 Å². The summed E-state index contributed by atoms with van der Waals surface area (Å²) in [7, 11) is 0. The molecule has 0 bridgehead atoms. The SMILES string of the molecule is INCCCCN(C[C@@H]1CN(CCCc2ccccc2)CCN1)[C@H]1CCCc2cccnc21. The predicted octanol–water partition coefficient (Wildman–Crippen LogP) is 4.39. The van der Waals surface area contributed by atoms with E-state index in [1.165, 1.54) is 74.9 Å². The van der Waals surface area contributed by atoms with E-state index in [2.05, 4.69) is 84.0 Å². The molecule has 1 aromatic carbocycles. The van der Waals surface area contributed by atoms with Crippen LogP contribution in [0.1, 0.15) is 55.0 Å². The van der Waals surface area contributed by atoms with Crippen molar-refractivity contribution in [2.45, 2.75) is 57.0 Å². The van der Waals surface area contributed by atoms with Gasteiger partial charge in [0.05, 0.1) is 11.7 Å². The highest BCUT2D eigenvalue weighted by Crippen LogP contribution is 2.33. The van der Waals surface area contributed by atoms with Crippen molar-refractivity contribution in [2.75, 3.05) is 45.8 Å². The monoisotopic (exact) mass is 561 g/mol. The van der Waals surface area contributed by atoms with Crippen LogP contribution in [0, 0.1) is 0 Å². The van der Waals surface area contributed by atoms with Crippen LogP contribution in [0.25, 0.3) is 0 Å². The molecule has 1 fully saturated rings. The predicted molar refractivity (Wildman–Crippen MR) is 146 cm³/mol.